The van der Waals surface area contributed by atoms with Crippen LogP contribution in [0.15, 0.2) is 54.6 Å². The van der Waals surface area contributed by atoms with Crippen molar-refractivity contribution in [3.63, 3.8) is 0 Å². The van der Waals surface area contributed by atoms with Crippen LogP contribution in [0.3, 0.4) is 0 Å². The molecule has 0 radical (unpaired) electrons. The van der Waals surface area contributed by atoms with Crippen molar-refractivity contribution in [2.45, 2.75) is 6.92 Å². The van der Waals surface area contributed by atoms with Gasteiger partial charge in [0, 0.05) is 19.2 Å². The number of amides is 2. The highest BCUT2D eigenvalue weighted by Gasteiger charge is 2.20. The Morgan fingerprint density at radius 1 is 1.31 bits per heavy atom. The molecule has 1 heterocycles. The number of nitrogens with two attached hydrogens (primary N) is 2. The normalized spacial score (nSPS) is 11.8. The molecule has 152 valence electrons. The van der Waals surface area contributed by atoms with Gasteiger partial charge in [-0.15, -0.1) is 0 Å². The maximum Gasteiger partial charge on any atom is 0.255 e. The molecule has 0 aliphatic rings. The lowest BCUT2D eigenvalue weighted by Crippen LogP contribution is -2.25. The van der Waals surface area contributed by atoms with Crippen LogP contribution in [-0.4, -0.2) is 35.2 Å². The van der Waals surface area contributed by atoms with Crippen molar-refractivity contribution in [2.24, 2.45) is 12.8 Å². The van der Waals surface area contributed by atoms with Gasteiger partial charge in [-0.2, -0.15) is 5.10 Å². The zero-order valence-electron chi connectivity index (χ0n) is 16.7. The first kappa shape index (κ1) is 21.5. The molecule has 8 nitrogen and oxygen atoms in total. The number of nitrogens with one attached hydrogen (secondary N) is 1. The molecule has 0 aliphatic carbocycles. The summed E-state index contributed by atoms with van der Waals surface area (Å²) in [4.78, 5) is 24.1. The number of aryl methyl sites for hydroxylation is 1. The van der Waals surface area contributed by atoms with Gasteiger partial charge >= 0.3 is 0 Å². The molecular weight excluding hydrogens is 370 g/mol. The van der Waals surface area contributed by atoms with Crippen molar-refractivity contribution in [1.82, 2.24) is 15.1 Å². The minimum absolute atomic E-state index is 0.147. The Morgan fingerprint density at radius 3 is 2.62 bits per heavy atom. The zero-order valence-corrected chi connectivity index (χ0v) is 16.7. The summed E-state index contributed by atoms with van der Waals surface area (Å²) in [6.45, 7) is 5.95. The number of benzene rings is 1. The van der Waals surface area contributed by atoms with Crippen molar-refractivity contribution in [3.8, 4) is 5.75 Å². The van der Waals surface area contributed by atoms with Gasteiger partial charge in [0.05, 0.1) is 12.7 Å². The fourth-order valence-corrected chi connectivity index (χ4v) is 2.66. The summed E-state index contributed by atoms with van der Waals surface area (Å²) in [7, 11) is 3.14. The van der Waals surface area contributed by atoms with Crippen LogP contribution >= 0.6 is 0 Å². The summed E-state index contributed by atoms with van der Waals surface area (Å²) in [6, 6.07) is 6.99. The molecule has 0 fully saturated rings. The molecule has 0 saturated heterocycles. The van der Waals surface area contributed by atoms with Gasteiger partial charge in [0.15, 0.2) is 0 Å². The molecule has 0 unspecified atom stereocenters. The average molecular weight is 395 g/mol. The van der Waals surface area contributed by atoms with E-state index in [9.17, 15) is 9.59 Å². The van der Waals surface area contributed by atoms with Gasteiger partial charge in [-0.05, 0) is 19.1 Å². The number of primary amides is 1. The number of carbonyl (C=O) groups is 2. The lowest BCUT2D eigenvalue weighted by molar-refractivity contribution is 0.0952. The van der Waals surface area contributed by atoms with E-state index in [-0.39, 0.29) is 17.3 Å². The second-order valence-corrected chi connectivity index (χ2v) is 6.32. The zero-order chi connectivity index (χ0) is 21.6. The standard InChI is InChI=1S/C21H25N5O3/c1-5-14(18-17(20(23)27)19(22)26(3)25-18)11-10-13(2)12-24-21(28)15-8-6-7-9-16(15)29-4/h5-11H,1,12,22H2,2-4H3,(H2,23,27)(H,24,28)/b13-10+,14-11+. The summed E-state index contributed by atoms with van der Waals surface area (Å²) in [5, 5.41) is 7.09. The average Bonchev–Trinajstić information content (AvgIpc) is 3.01. The number of nitrogens with zero attached hydrogens (tertiary/aromatic N) is 2. The number of para-hydroxylation sites is 1. The summed E-state index contributed by atoms with van der Waals surface area (Å²) in [5.74, 6) is -0.211. The maximum absolute atomic E-state index is 12.4. The fourth-order valence-electron chi connectivity index (χ4n) is 2.66. The molecule has 0 spiro atoms. The smallest absolute Gasteiger partial charge is 0.255 e. The molecule has 8 heteroatoms. The molecular formula is C21H25N5O3. The Balaban J connectivity index is 2.18. The van der Waals surface area contributed by atoms with E-state index in [1.54, 1.807) is 49.5 Å². The number of nitrogen functional groups attached to an aromatic ring is 1. The van der Waals surface area contributed by atoms with Gasteiger partial charge in [0.2, 0.25) is 0 Å². The highest BCUT2D eigenvalue weighted by molar-refractivity contribution is 6.02. The van der Waals surface area contributed by atoms with E-state index in [0.717, 1.165) is 5.57 Å². The minimum atomic E-state index is -0.664. The number of rotatable bonds is 8. The van der Waals surface area contributed by atoms with Crippen molar-refractivity contribution in [2.75, 3.05) is 19.4 Å². The lowest BCUT2D eigenvalue weighted by Gasteiger charge is -2.09. The van der Waals surface area contributed by atoms with Gasteiger partial charge in [-0.25, -0.2) is 0 Å². The highest BCUT2D eigenvalue weighted by Crippen LogP contribution is 2.24. The van der Waals surface area contributed by atoms with Crippen LogP contribution in [0.2, 0.25) is 0 Å². The first-order valence-corrected chi connectivity index (χ1v) is 8.83. The van der Waals surface area contributed by atoms with Crippen molar-refractivity contribution < 1.29 is 14.3 Å². The summed E-state index contributed by atoms with van der Waals surface area (Å²) in [5.41, 5.74) is 13.7. The molecule has 0 saturated carbocycles. The maximum atomic E-state index is 12.4. The van der Waals surface area contributed by atoms with Crippen LogP contribution < -0.4 is 21.5 Å². The Labute approximate surface area is 169 Å². The second kappa shape index (κ2) is 9.41. The number of anilines is 1. The molecule has 0 atom stereocenters. The SMILES string of the molecule is C=C/C(=C\C=C(/C)CNC(=O)c1ccccc1OC)c1nn(C)c(N)c1C(N)=O. The topological polar surface area (TPSA) is 125 Å². The highest BCUT2D eigenvalue weighted by atomic mass is 16.5. The van der Waals surface area contributed by atoms with Gasteiger partial charge in [0.25, 0.3) is 11.8 Å². The molecule has 29 heavy (non-hydrogen) atoms. The van der Waals surface area contributed by atoms with Gasteiger partial charge in [-0.1, -0.05) is 42.5 Å². The molecule has 1 aromatic heterocycles. The van der Waals surface area contributed by atoms with Crippen molar-refractivity contribution >= 4 is 23.2 Å². The predicted octanol–water partition coefficient (Wildman–Crippen LogP) is 2.06. The van der Waals surface area contributed by atoms with Gasteiger partial charge in [0.1, 0.15) is 22.8 Å². The number of hydrogen-bond acceptors (Lipinski definition) is 5. The largest absolute Gasteiger partial charge is 0.496 e. The second-order valence-electron chi connectivity index (χ2n) is 6.32. The van der Waals surface area contributed by atoms with Crippen LogP contribution in [0.1, 0.15) is 33.3 Å². The number of ether oxygens (including phenoxy) is 1. The van der Waals surface area contributed by atoms with Crippen LogP contribution in [0.5, 0.6) is 5.75 Å². The lowest BCUT2D eigenvalue weighted by atomic mass is 10.1. The van der Waals surface area contributed by atoms with E-state index in [1.165, 1.54) is 11.8 Å². The van der Waals surface area contributed by atoms with E-state index >= 15 is 0 Å². The Morgan fingerprint density at radius 2 is 2.00 bits per heavy atom. The fraction of sp³-hybridized carbons (Fsp3) is 0.190. The third-order valence-corrected chi connectivity index (χ3v) is 4.26. The molecule has 2 aromatic rings. The van der Waals surface area contributed by atoms with Crippen molar-refractivity contribution in [3.05, 3.63) is 71.5 Å². The van der Waals surface area contributed by atoms with E-state index < -0.39 is 5.91 Å². The molecule has 2 rings (SSSR count). The summed E-state index contributed by atoms with van der Waals surface area (Å²) >= 11 is 0. The van der Waals surface area contributed by atoms with E-state index in [1.807, 2.05) is 6.92 Å². The number of allylic oxidation sites excluding steroid dienone is 4. The Bertz CT molecular complexity index is 1000. The molecule has 1 aromatic carbocycles. The molecule has 0 bridgehead atoms. The Hall–Kier alpha value is -3.81. The predicted molar refractivity (Wildman–Crippen MR) is 113 cm³/mol. The first-order valence-electron chi connectivity index (χ1n) is 8.83. The molecule has 0 aliphatic heterocycles. The van der Waals surface area contributed by atoms with Gasteiger partial charge < -0.3 is 21.5 Å². The van der Waals surface area contributed by atoms with Gasteiger partial charge in [-0.3, -0.25) is 14.3 Å². The van der Waals surface area contributed by atoms with E-state index in [0.29, 0.717) is 29.1 Å². The quantitative estimate of drug-likeness (QED) is 0.590. The van der Waals surface area contributed by atoms with Crippen molar-refractivity contribution in [1.29, 1.82) is 0 Å². The van der Waals surface area contributed by atoms with Crippen LogP contribution in [0.4, 0.5) is 5.82 Å². The number of hydrogen-bond donors (Lipinski definition) is 3. The molecule has 2 amide bonds. The van der Waals surface area contributed by atoms with Crippen LogP contribution in [-0.2, 0) is 7.05 Å². The number of methoxy groups -OCH3 is 1. The molecule has 5 N–H and O–H groups in total. The minimum Gasteiger partial charge on any atom is -0.496 e. The number of aromatic nitrogens is 2. The monoisotopic (exact) mass is 395 g/mol. The van der Waals surface area contributed by atoms with Crippen LogP contribution in [0, 0.1) is 0 Å². The first-order chi connectivity index (χ1) is 13.8. The van der Waals surface area contributed by atoms with E-state index in [4.69, 9.17) is 16.2 Å². The third kappa shape index (κ3) is 4.92. The van der Waals surface area contributed by atoms with Crippen LogP contribution in [0.25, 0.3) is 5.57 Å². The number of carbonyl (C=O) groups excluding carboxylic acids is 2. The third-order valence-electron chi connectivity index (χ3n) is 4.26. The van der Waals surface area contributed by atoms with E-state index in [2.05, 4.69) is 17.0 Å². The summed E-state index contributed by atoms with van der Waals surface area (Å²) < 4.78 is 6.59. The summed E-state index contributed by atoms with van der Waals surface area (Å²) in [6.07, 6.45) is 5.10. The Kier molecular flexibility index (Phi) is 6.97.